The van der Waals surface area contributed by atoms with Gasteiger partial charge in [0.25, 0.3) is 11.8 Å². The van der Waals surface area contributed by atoms with Crippen LogP contribution in [-0.2, 0) is 6.54 Å². The molecule has 1 aliphatic rings. The second-order valence-electron chi connectivity index (χ2n) is 6.34. The Balaban J connectivity index is 1.57. The van der Waals surface area contributed by atoms with E-state index in [0.717, 1.165) is 48.9 Å². The summed E-state index contributed by atoms with van der Waals surface area (Å²) < 4.78 is 0. The molecule has 7 heteroatoms. The zero-order valence-electron chi connectivity index (χ0n) is 15.2. The monoisotopic (exact) mass is 372 g/mol. The van der Waals surface area contributed by atoms with Gasteiger partial charge in [-0.25, -0.2) is 4.98 Å². The van der Waals surface area contributed by atoms with Crippen molar-refractivity contribution in [2.75, 3.05) is 25.0 Å². The number of rotatable bonds is 6. The highest BCUT2D eigenvalue weighted by molar-refractivity contribution is 7.17. The smallest absolute Gasteiger partial charge is 0.263 e. The average Bonchev–Trinajstić information content (AvgIpc) is 3.30. The molecule has 0 bridgehead atoms. The second-order valence-corrected chi connectivity index (χ2v) is 7.34. The third-order valence-corrected chi connectivity index (χ3v) is 5.49. The van der Waals surface area contributed by atoms with Gasteiger partial charge in [0, 0.05) is 31.7 Å². The largest absolute Gasteiger partial charge is 0.362 e. The molecular formula is C19H24N4O2S. The number of nitrogens with zero attached hydrogens (tertiary/aromatic N) is 2. The van der Waals surface area contributed by atoms with E-state index in [9.17, 15) is 9.59 Å². The molecule has 0 radical (unpaired) electrons. The minimum atomic E-state index is -0.124. The minimum Gasteiger partial charge on any atom is -0.362 e. The molecule has 1 saturated heterocycles. The Morgan fingerprint density at radius 3 is 2.54 bits per heavy atom. The van der Waals surface area contributed by atoms with Crippen molar-refractivity contribution in [3.8, 4) is 0 Å². The van der Waals surface area contributed by atoms with Gasteiger partial charge < -0.3 is 15.5 Å². The number of hydrogen-bond donors (Lipinski definition) is 2. The van der Waals surface area contributed by atoms with Crippen LogP contribution < -0.4 is 10.6 Å². The Labute approximate surface area is 157 Å². The van der Waals surface area contributed by atoms with Crippen molar-refractivity contribution in [2.45, 2.75) is 33.2 Å². The van der Waals surface area contributed by atoms with E-state index in [1.54, 1.807) is 0 Å². The first kappa shape index (κ1) is 18.4. The van der Waals surface area contributed by atoms with E-state index < -0.39 is 0 Å². The van der Waals surface area contributed by atoms with Crippen LogP contribution >= 0.6 is 11.3 Å². The Kier molecular flexibility index (Phi) is 5.88. The van der Waals surface area contributed by atoms with Crippen LogP contribution in [0.1, 0.15) is 51.1 Å². The molecule has 2 heterocycles. The number of likely N-dealkylation sites (tertiary alicyclic amines) is 1. The van der Waals surface area contributed by atoms with Crippen LogP contribution in [0.5, 0.6) is 0 Å². The van der Waals surface area contributed by atoms with E-state index in [4.69, 9.17) is 0 Å². The lowest BCUT2D eigenvalue weighted by Gasteiger charge is -2.15. The highest BCUT2D eigenvalue weighted by Crippen LogP contribution is 2.22. The van der Waals surface area contributed by atoms with Crippen LogP contribution in [0.25, 0.3) is 0 Å². The Morgan fingerprint density at radius 2 is 1.88 bits per heavy atom. The molecule has 2 amide bonds. The predicted molar refractivity (Wildman–Crippen MR) is 104 cm³/mol. The molecule has 0 saturated carbocycles. The molecule has 1 aliphatic heterocycles. The lowest BCUT2D eigenvalue weighted by molar-refractivity contribution is 0.0792. The quantitative estimate of drug-likeness (QED) is 0.817. The Morgan fingerprint density at radius 1 is 1.19 bits per heavy atom. The fourth-order valence-electron chi connectivity index (χ4n) is 2.96. The van der Waals surface area contributed by atoms with E-state index in [2.05, 4.69) is 15.6 Å². The zero-order valence-corrected chi connectivity index (χ0v) is 16.0. The molecule has 1 aromatic carbocycles. The van der Waals surface area contributed by atoms with Gasteiger partial charge in [0.05, 0.1) is 5.69 Å². The highest BCUT2D eigenvalue weighted by atomic mass is 32.1. The van der Waals surface area contributed by atoms with E-state index >= 15 is 0 Å². The number of carbonyl (C=O) groups excluding carboxylic acids is 2. The molecule has 0 atom stereocenters. The first-order valence-electron chi connectivity index (χ1n) is 8.96. The van der Waals surface area contributed by atoms with Gasteiger partial charge in [-0.05, 0) is 44.4 Å². The summed E-state index contributed by atoms with van der Waals surface area (Å²) >= 11 is 1.36. The molecule has 0 aliphatic carbocycles. The van der Waals surface area contributed by atoms with Crippen molar-refractivity contribution in [3.05, 3.63) is 46.0 Å². The zero-order chi connectivity index (χ0) is 18.5. The first-order chi connectivity index (χ1) is 12.6. The van der Waals surface area contributed by atoms with Crippen LogP contribution in [0, 0.1) is 6.92 Å². The van der Waals surface area contributed by atoms with Gasteiger partial charge in [-0.15, -0.1) is 0 Å². The number of aryl methyl sites for hydroxylation is 1. The molecule has 1 fully saturated rings. The van der Waals surface area contributed by atoms with Gasteiger partial charge in [-0.3, -0.25) is 9.59 Å². The summed E-state index contributed by atoms with van der Waals surface area (Å²) in [5, 5.41) is 6.82. The lowest BCUT2D eigenvalue weighted by Crippen LogP contribution is -2.27. The number of amides is 2. The van der Waals surface area contributed by atoms with Crippen molar-refractivity contribution < 1.29 is 9.59 Å². The van der Waals surface area contributed by atoms with Crippen molar-refractivity contribution in [1.82, 2.24) is 15.2 Å². The fraction of sp³-hybridized carbons (Fsp3) is 0.421. The van der Waals surface area contributed by atoms with Gasteiger partial charge in [0.1, 0.15) is 4.88 Å². The Bertz CT molecular complexity index is 779. The predicted octanol–water partition coefficient (Wildman–Crippen LogP) is 3.05. The van der Waals surface area contributed by atoms with Crippen LogP contribution in [-0.4, -0.2) is 41.3 Å². The SMILES string of the molecule is CCNc1nc(C)c(C(=O)NCc2ccc(C(=O)N3CCCC3)cc2)s1. The number of benzene rings is 1. The van der Waals surface area contributed by atoms with E-state index in [1.807, 2.05) is 43.0 Å². The molecule has 6 nitrogen and oxygen atoms in total. The number of hydrogen-bond acceptors (Lipinski definition) is 5. The second kappa shape index (κ2) is 8.31. The topological polar surface area (TPSA) is 74.3 Å². The Hall–Kier alpha value is -2.41. The summed E-state index contributed by atoms with van der Waals surface area (Å²) in [7, 11) is 0. The molecule has 2 N–H and O–H groups in total. The van der Waals surface area contributed by atoms with E-state index in [1.165, 1.54) is 11.3 Å². The molecule has 138 valence electrons. The summed E-state index contributed by atoms with van der Waals surface area (Å²) in [5.74, 6) is -0.0318. The third kappa shape index (κ3) is 4.22. The summed E-state index contributed by atoms with van der Waals surface area (Å²) in [6, 6.07) is 7.47. The number of nitrogens with one attached hydrogen (secondary N) is 2. The maximum absolute atomic E-state index is 12.4. The third-order valence-electron chi connectivity index (χ3n) is 4.38. The van der Waals surface area contributed by atoms with Gasteiger partial charge in [-0.2, -0.15) is 0 Å². The molecule has 1 aromatic heterocycles. The number of aromatic nitrogens is 1. The maximum atomic E-state index is 12.4. The fourth-order valence-corrected chi connectivity index (χ4v) is 3.92. The summed E-state index contributed by atoms with van der Waals surface area (Å²) in [5.41, 5.74) is 2.40. The van der Waals surface area contributed by atoms with Gasteiger partial charge in [0.2, 0.25) is 0 Å². The van der Waals surface area contributed by atoms with E-state index in [0.29, 0.717) is 17.0 Å². The molecule has 0 unspecified atom stereocenters. The maximum Gasteiger partial charge on any atom is 0.263 e. The summed E-state index contributed by atoms with van der Waals surface area (Å²) in [6.07, 6.45) is 2.17. The van der Waals surface area contributed by atoms with Gasteiger partial charge >= 0.3 is 0 Å². The summed E-state index contributed by atoms with van der Waals surface area (Å²) in [6.45, 7) is 6.72. The molecule has 2 aromatic rings. The van der Waals surface area contributed by atoms with Gasteiger partial charge in [-0.1, -0.05) is 23.5 Å². The van der Waals surface area contributed by atoms with Crippen LogP contribution in [0.2, 0.25) is 0 Å². The van der Waals surface area contributed by atoms with Crippen molar-refractivity contribution in [3.63, 3.8) is 0 Å². The van der Waals surface area contributed by atoms with Gasteiger partial charge in [0.15, 0.2) is 5.13 Å². The van der Waals surface area contributed by atoms with Crippen LogP contribution in [0.15, 0.2) is 24.3 Å². The van der Waals surface area contributed by atoms with Crippen molar-refractivity contribution >= 4 is 28.3 Å². The van der Waals surface area contributed by atoms with Crippen LogP contribution in [0.3, 0.4) is 0 Å². The first-order valence-corrected chi connectivity index (χ1v) is 9.78. The van der Waals surface area contributed by atoms with Crippen molar-refractivity contribution in [1.29, 1.82) is 0 Å². The number of thiazole rings is 1. The minimum absolute atomic E-state index is 0.0920. The highest BCUT2D eigenvalue weighted by Gasteiger charge is 2.19. The van der Waals surface area contributed by atoms with Crippen molar-refractivity contribution in [2.24, 2.45) is 0 Å². The normalized spacial score (nSPS) is 13.7. The average molecular weight is 372 g/mol. The standard InChI is InChI=1S/C19H24N4O2S/c1-3-20-19-22-13(2)16(26-19)17(24)21-12-14-6-8-15(9-7-14)18(25)23-10-4-5-11-23/h6-9H,3-5,10-12H2,1-2H3,(H,20,22)(H,21,24). The summed E-state index contributed by atoms with van der Waals surface area (Å²) in [4.78, 5) is 31.6. The molecule has 0 spiro atoms. The van der Waals surface area contributed by atoms with E-state index in [-0.39, 0.29) is 11.8 Å². The van der Waals surface area contributed by atoms with Crippen LogP contribution in [0.4, 0.5) is 5.13 Å². The number of carbonyl (C=O) groups is 2. The number of anilines is 1. The molecular weight excluding hydrogens is 348 g/mol. The lowest BCUT2D eigenvalue weighted by atomic mass is 10.1. The molecule has 26 heavy (non-hydrogen) atoms. The molecule has 3 rings (SSSR count).